The number of anilines is 2. The van der Waals surface area contributed by atoms with Crippen LogP contribution in [0, 0.1) is 5.92 Å². The van der Waals surface area contributed by atoms with Gasteiger partial charge in [-0.05, 0) is 37.5 Å². The number of benzene rings is 1. The van der Waals surface area contributed by atoms with Crippen molar-refractivity contribution in [3.05, 3.63) is 23.2 Å². The average Bonchev–Trinajstić information content (AvgIpc) is 2.37. The van der Waals surface area contributed by atoms with Gasteiger partial charge in [0.2, 0.25) is 0 Å². The van der Waals surface area contributed by atoms with Gasteiger partial charge in [0.05, 0.1) is 17.3 Å². The van der Waals surface area contributed by atoms with Gasteiger partial charge in [-0.15, -0.1) is 0 Å². The molecule has 6 heteroatoms. The molecule has 0 saturated heterocycles. The molecule has 0 radical (unpaired) electrons. The lowest BCUT2D eigenvalue weighted by atomic mass is 9.85. The van der Waals surface area contributed by atoms with E-state index in [0.717, 1.165) is 17.8 Å². The number of hydrogen-bond donors (Lipinski definition) is 1. The topological polar surface area (TPSA) is 15.3 Å². The quantitative estimate of drug-likeness (QED) is 0.848. The standard InChI is InChI=1S/C15H20ClF3N2/c1-21(2)14-7-6-11(16)9-13(14)20-12-5-3-4-10(8-12)15(17,18)19/h6-7,9-10,12,20H,3-5,8H2,1-2H3. The summed E-state index contributed by atoms with van der Waals surface area (Å²) in [6.45, 7) is 0. The molecule has 1 aromatic carbocycles. The minimum Gasteiger partial charge on any atom is -0.381 e. The molecule has 0 bridgehead atoms. The van der Waals surface area contributed by atoms with E-state index in [4.69, 9.17) is 11.6 Å². The highest BCUT2D eigenvalue weighted by Crippen LogP contribution is 2.39. The molecule has 0 aliphatic heterocycles. The first-order chi connectivity index (χ1) is 9.77. The SMILES string of the molecule is CN(C)c1ccc(Cl)cc1NC1CCCC(C(F)(F)F)C1. The van der Waals surface area contributed by atoms with Crippen LogP contribution in [-0.4, -0.2) is 26.3 Å². The summed E-state index contributed by atoms with van der Waals surface area (Å²) in [4.78, 5) is 1.92. The third-order valence-electron chi connectivity index (χ3n) is 3.94. The Balaban J connectivity index is 2.12. The van der Waals surface area contributed by atoms with Gasteiger partial charge in [-0.2, -0.15) is 13.2 Å². The summed E-state index contributed by atoms with van der Waals surface area (Å²) in [5, 5.41) is 3.82. The molecular weight excluding hydrogens is 301 g/mol. The van der Waals surface area contributed by atoms with E-state index in [2.05, 4.69) is 5.32 Å². The molecule has 1 fully saturated rings. The molecule has 0 aromatic heterocycles. The van der Waals surface area contributed by atoms with E-state index in [1.807, 2.05) is 25.1 Å². The monoisotopic (exact) mass is 320 g/mol. The lowest BCUT2D eigenvalue weighted by Crippen LogP contribution is -2.34. The maximum absolute atomic E-state index is 12.9. The van der Waals surface area contributed by atoms with Crippen LogP contribution in [0.3, 0.4) is 0 Å². The Labute approximate surface area is 128 Å². The third kappa shape index (κ3) is 4.19. The van der Waals surface area contributed by atoms with Crippen LogP contribution in [0.5, 0.6) is 0 Å². The van der Waals surface area contributed by atoms with E-state index in [1.54, 1.807) is 12.1 Å². The van der Waals surface area contributed by atoms with Crippen molar-refractivity contribution in [2.24, 2.45) is 5.92 Å². The second kappa shape index (κ2) is 6.34. The van der Waals surface area contributed by atoms with Crippen LogP contribution in [0.1, 0.15) is 25.7 Å². The summed E-state index contributed by atoms with van der Waals surface area (Å²) in [7, 11) is 3.79. The van der Waals surface area contributed by atoms with E-state index in [0.29, 0.717) is 11.4 Å². The number of rotatable bonds is 3. The van der Waals surface area contributed by atoms with Crippen LogP contribution < -0.4 is 10.2 Å². The largest absolute Gasteiger partial charge is 0.391 e. The number of nitrogens with one attached hydrogen (secondary N) is 1. The molecule has 2 rings (SSSR count). The minimum absolute atomic E-state index is 0.128. The average molecular weight is 321 g/mol. The van der Waals surface area contributed by atoms with Crippen molar-refractivity contribution >= 4 is 23.0 Å². The molecule has 2 unspecified atom stereocenters. The lowest BCUT2D eigenvalue weighted by molar-refractivity contribution is -0.182. The Morgan fingerprint density at radius 2 is 1.95 bits per heavy atom. The molecule has 0 spiro atoms. The maximum atomic E-state index is 12.9. The van der Waals surface area contributed by atoms with E-state index in [1.165, 1.54) is 0 Å². The first kappa shape index (κ1) is 16.3. The van der Waals surface area contributed by atoms with E-state index >= 15 is 0 Å². The number of alkyl halides is 3. The van der Waals surface area contributed by atoms with Crippen molar-refractivity contribution in [3.8, 4) is 0 Å². The summed E-state index contributed by atoms with van der Waals surface area (Å²) >= 11 is 6.00. The molecule has 21 heavy (non-hydrogen) atoms. The summed E-state index contributed by atoms with van der Waals surface area (Å²) < 4.78 is 38.6. The van der Waals surface area contributed by atoms with Crippen LogP contribution in [0.15, 0.2) is 18.2 Å². The van der Waals surface area contributed by atoms with Crippen molar-refractivity contribution in [2.75, 3.05) is 24.3 Å². The van der Waals surface area contributed by atoms with Crippen LogP contribution in [-0.2, 0) is 0 Å². The molecule has 2 atom stereocenters. The van der Waals surface area contributed by atoms with Gasteiger partial charge in [0.15, 0.2) is 0 Å². The fourth-order valence-electron chi connectivity index (χ4n) is 2.85. The predicted molar refractivity (Wildman–Crippen MR) is 81.2 cm³/mol. The number of nitrogens with zero attached hydrogens (tertiary/aromatic N) is 1. The normalized spacial score (nSPS) is 23.0. The molecule has 0 amide bonds. The summed E-state index contributed by atoms with van der Waals surface area (Å²) in [5.41, 5.74) is 1.72. The van der Waals surface area contributed by atoms with Gasteiger partial charge in [-0.1, -0.05) is 18.0 Å². The fraction of sp³-hybridized carbons (Fsp3) is 0.600. The third-order valence-corrected chi connectivity index (χ3v) is 4.17. The Morgan fingerprint density at radius 1 is 1.24 bits per heavy atom. The van der Waals surface area contributed by atoms with Gasteiger partial charge < -0.3 is 10.2 Å². The van der Waals surface area contributed by atoms with Gasteiger partial charge in [0, 0.05) is 25.2 Å². The Bertz CT molecular complexity index is 488. The Morgan fingerprint density at radius 3 is 2.57 bits per heavy atom. The van der Waals surface area contributed by atoms with Crippen LogP contribution in [0.25, 0.3) is 0 Å². The summed E-state index contributed by atoms with van der Waals surface area (Å²) in [6.07, 6.45) is -2.38. The van der Waals surface area contributed by atoms with E-state index in [9.17, 15) is 13.2 Å². The Hall–Kier alpha value is -1.10. The lowest BCUT2D eigenvalue weighted by Gasteiger charge is -2.32. The minimum atomic E-state index is -4.10. The zero-order valence-electron chi connectivity index (χ0n) is 12.2. The smallest absolute Gasteiger partial charge is 0.381 e. The van der Waals surface area contributed by atoms with E-state index < -0.39 is 12.1 Å². The molecule has 1 N–H and O–H groups in total. The highest BCUT2D eigenvalue weighted by atomic mass is 35.5. The van der Waals surface area contributed by atoms with Crippen LogP contribution in [0.2, 0.25) is 5.02 Å². The van der Waals surface area contributed by atoms with Crippen LogP contribution >= 0.6 is 11.6 Å². The molecule has 1 aliphatic rings. The first-order valence-electron chi connectivity index (χ1n) is 7.07. The number of hydrogen-bond acceptors (Lipinski definition) is 2. The van der Waals surface area contributed by atoms with Crippen LogP contribution in [0.4, 0.5) is 24.5 Å². The predicted octanol–water partition coefficient (Wildman–Crippen LogP) is 4.94. The van der Waals surface area contributed by atoms with Crippen molar-refractivity contribution in [1.82, 2.24) is 0 Å². The molecule has 1 saturated carbocycles. The highest BCUT2D eigenvalue weighted by Gasteiger charge is 2.42. The van der Waals surface area contributed by atoms with Gasteiger partial charge in [0.1, 0.15) is 0 Å². The highest BCUT2D eigenvalue weighted by molar-refractivity contribution is 6.31. The summed E-state index contributed by atoms with van der Waals surface area (Å²) in [6, 6.07) is 5.26. The molecule has 0 heterocycles. The zero-order valence-corrected chi connectivity index (χ0v) is 12.9. The number of halogens is 4. The van der Waals surface area contributed by atoms with Gasteiger partial charge >= 0.3 is 6.18 Å². The molecular formula is C15H20ClF3N2. The van der Waals surface area contributed by atoms with E-state index in [-0.39, 0.29) is 18.9 Å². The molecule has 1 aromatic rings. The van der Waals surface area contributed by atoms with Gasteiger partial charge in [0.25, 0.3) is 0 Å². The zero-order chi connectivity index (χ0) is 15.6. The Kier molecular flexibility index (Phi) is 4.91. The molecule has 118 valence electrons. The van der Waals surface area contributed by atoms with Gasteiger partial charge in [-0.25, -0.2) is 0 Å². The second-order valence-electron chi connectivity index (χ2n) is 5.80. The second-order valence-corrected chi connectivity index (χ2v) is 6.24. The van der Waals surface area contributed by atoms with Gasteiger partial charge in [-0.3, -0.25) is 0 Å². The first-order valence-corrected chi connectivity index (χ1v) is 7.45. The van der Waals surface area contributed by atoms with Crippen molar-refractivity contribution < 1.29 is 13.2 Å². The molecule has 1 aliphatic carbocycles. The maximum Gasteiger partial charge on any atom is 0.391 e. The summed E-state index contributed by atoms with van der Waals surface area (Å²) in [5.74, 6) is -1.20. The van der Waals surface area contributed by atoms with Crippen molar-refractivity contribution in [2.45, 2.75) is 37.9 Å². The van der Waals surface area contributed by atoms with Crippen molar-refractivity contribution in [3.63, 3.8) is 0 Å². The van der Waals surface area contributed by atoms with Crippen molar-refractivity contribution in [1.29, 1.82) is 0 Å². The fourth-order valence-corrected chi connectivity index (χ4v) is 3.02. The molecule has 2 nitrogen and oxygen atoms in total.